The third-order valence-corrected chi connectivity index (χ3v) is 8.08. The van der Waals surface area contributed by atoms with Gasteiger partial charge in [0.15, 0.2) is 0 Å². The predicted molar refractivity (Wildman–Crippen MR) is 103 cm³/mol. The molecule has 2 heterocycles. The number of nitrogens with one attached hydrogen (secondary N) is 1. The predicted octanol–water partition coefficient (Wildman–Crippen LogP) is 4.20. The Morgan fingerprint density at radius 3 is 2.44 bits per heavy atom. The molecular weight excluding hydrogens is 304 g/mol. The van der Waals surface area contributed by atoms with E-state index in [4.69, 9.17) is 6.57 Å². The van der Waals surface area contributed by atoms with Gasteiger partial charge >= 0.3 is 0 Å². The fraction of sp³-hybridized carbons (Fsp3) is 0.783. The summed E-state index contributed by atoms with van der Waals surface area (Å²) in [5.41, 5.74) is -0.128. The summed E-state index contributed by atoms with van der Waals surface area (Å²) in [5.74, 6) is 1.86. The van der Waals surface area contributed by atoms with E-state index < -0.39 is 0 Å². The first kappa shape index (κ1) is 17.3. The Morgan fingerprint density at radius 1 is 1.04 bits per heavy atom. The second kappa shape index (κ2) is 7.28. The number of hydrogen-bond donors (Lipinski definition) is 1. The van der Waals surface area contributed by atoms with Crippen LogP contribution in [0.5, 0.6) is 0 Å². The lowest BCUT2D eigenvalue weighted by Crippen LogP contribution is -3.15. The number of piperidine rings is 1. The van der Waals surface area contributed by atoms with E-state index in [0.717, 1.165) is 24.4 Å². The largest absolute Gasteiger partial charge is 0.332 e. The Bertz CT molecular complexity index is 557. The molecule has 25 heavy (non-hydrogen) atoms. The van der Waals surface area contributed by atoms with Crippen molar-refractivity contribution in [2.75, 3.05) is 7.05 Å². The molecule has 0 aromatic carbocycles. The lowest BCUT2D eigenvalue weighted by Gasteiger charge is -2.41. The molecular formula is C23H35N2+. The smallest absolute Gasteiger partial charge is 0.242 e. The van der Waals surface area contributed by atoms with Crippen molar-refractivity contribution in [3.8, 4) is 0 Å². The summed E-state index contributed by atoms with van der Waals surface area (Å²) in [6, 6.07) is 1.75. The van der Waals surface area contributed by atoms with E-state index in [-0.39, 0.29) is 5.54 Å². The van der Waals surface area contributed by atoms with Crippen LogP contribution in [0.25, 0.3) is 4.85 Å². The molecule has 2 aliphatic heterocycles. The maximum atomic E-state index is 8.32. The Balaban J connectivity index is 1.58. The second-order valence-corrected chi connectivity index (χ2v) is 9.31. The normalized spacial score (nSPS) is 42.7. The van der Waals surface area contributed by atoms with Crippen LogP contribution in [0, 0.1) is 24.3 Å². The number of hydrogen-bond acceptors (Lipinski definition) is 0. The highest BCUT2D eigenvalue weighted by atomic mass is 15.2. The number of rotatable bonds is 4. The van der Waals surface area contributed by atoms with Gasteiger partial charge in [0.1, 0.15) is 0 Å². The summed E-state index contributed by atoms with van der Waals surface area (Å²) < 4.78 is 0. The molecule has 0 spiro atoms. The summed E-state index contributed by atoms with van der Waals surface area (Å²) in [7, 11) is 2.41. The fourth-order valence-electron chi connectivity index (χ4n) is 6.65. The van der Waals surface area contributed by atoms with E-state index in [1.807, 2.05) is 0 Å². The van der Waals surface area contributed by atoms with E-state index in [2.05, 4.69) is 36.2 Å². The molecule has 0 amide bonds. The van der Waals surface area contributed by atoms with E-state index in [0.29, 0.717) is 11.8 Å². The van der Waals surface area contributed by atoms with Crippen LogP contribution in [0.15, 0.2) is 24.3 Å². The van der Waals surface area contributed by atoms with Crippen LogP contribution >= 0.6 is 0 Å². The first-order chi connectivity index (χ1) is 12.2. The Hall–Kier alpha value is -1.07. The minimum absolute atomic E-state index is 0.128. The first-order valence-corrected chi connectivity index (χ1v) is 10.8. The van der Waals surface area contributed by atoms with Crippen molar-refractivity contribution in [3.63, 3.8) is 0 Å². The molecule has 0 radical (unpaired) electrons. The van der Waals surface area contributed by atoms with E-state index in [9.17, 15) is 0 Å². The van der Waals surface area contributed by atoms with Gasteiger partial charge in [-0.05, 0) is 44.4 Å². The quantitative estimate of drug-likeness (QED) is 0.580. The molecule has 7 atom stereocenters. The van der Waals surface area contributed by atoms with Gasteiger partial charge in [0.05, 0.1) is 25.0 Å². The van der Waals surface area contributed by atoms with Crippen molar-refractivity contribution < 1.29 is 4.90 Å². The first-order valence-electron chi connectivity index (χ1n) is 10.8. The highest BCUT2D eigenvalue weighted by Gasteiger charge is 2.54. The van der Waals surface area contributed by atoms with Crippen LogP contribution in [-0.4, -0.2) is 24.7 Å². The minimum atomic E-state index is -0.128. The van der Waals surface area contributed by atoms with Crippen molar-refractivity contribution >= 4 is 0 Å². The van der Waals surface area contributed by atoms with Crippen molar-refractivity contribution in [1.82, 2.24) is 0 Å². The van der Waals surface area contributed by atoms with E-state index in [1.165, 1.54) is 64.2 Å². The molecule has 2 aliphatic carbocycles. The molecule has 1 N–H and O–H groups in total. The monoisotopic (exact) mass is 339 g/mol. The average Bonchev–Trinajstić information content (AvgIpc) is 2.88. The lowest BCUT2D eigenvalue weighted by molar-refractivity contribution is -0.923. The van der Waals surface area contributed by atoms with Crippen molar-refractivity contribution in [3.05, 3.63) is 35.7 Å². The molecule has 0 aromatic rings. The molecule has 4 aliphatic rings. The summed E-state index contributed by atoms with van der Waals surface area (Å²) in [6.07, 6.45) is 23.6. The van der Waals surface area contributed by atoms with E-state index in [1.54, 1.807) is 4.90 Å². The number of nitrogens with zero attached hydrogens (tertiary/aromatic N) is 1. The summed E-state index contributed by atoms with van der Waals surface area (Å²) >= 11 is 0. The van der Waals surface area contributed by atoms with Crippen LogP contribution in [0.3, 0.4) is 0 Å². The molecule has 2 heteroatoms. The maximum Gasteiger partial charge on any atom is 0.242 e. The van der Waals surface area contributed by atoms with Crippen LogP contribution in [0.2, 0.25) is 0 Å². The molecule has 3 unspecified atom stereocenters. The van der Waals surface area contributed by atoms with Gasteiger partial charge in [-0.2, -0.15) is 0 Å². The van der Waals surface area contributed by atoms with Crippen LogP contribution in [0.1, 0.15) is 70.6 Å². The zero-order valence-corrected chi connectivity index (χ0v) is 15.9. The van der Waals surface area contributed by atoms with Gasteiger partial charge in [-0.15, -0.1) is 0 Å². The third kappa shape index (κ3) is 3.21. The highest BCUT2D eigenvalue weighted by molar-refractivity contribution is 5.17. The van der Waals surface area contributed by atoms with Crippen molar-refractivity contribution in [2.45, 2.75) is 88.3 Å². The van der Waals surface area contributed by atoms with Crippen molar-refractivity contribution in [1.29, 1.82) is 0 Å². The minimum Gasteiger partial charge on any atom is -0.332 e. The van der Waals surface area contributed by atoms with Gasteiger partial charge in [-0.25, -0.2) is 6.57 Å². The number of fused-ring (bicyclic) bond motifs is 2. The Labute approximate surface area is 154 Å². The SMILES string of the molecule is [C-]#[N+][C@](CC1C[C@H]2CC[C@@H](C1)[NH+]2C)(C1CC=CCC1)[C@H]1C=CCCC1. The summed E-state index contributed by atoms with van der Waals surface area (Å²) in [5, 5.41) is 0. The van der Waals surface area contributed by atoms with Gasteiger partial charge < -0.3 is 9.74 Å². The van der Waals surface area contributed by atoms with Crippen LogP contribution in [0.4, 0.5) is 0 Å². The molecule has 136 valence electrons. The summed E-state index contributed by atoms with van der Waals surface area (Å²) in [6.45, 7) is 8.32. The number of allylic oxidation sites excluding steroid dienone is 3. The molecule has 2 fully saturated rings. The molecule has 2 nitrogen and oxygen atoms in total. The molecule has 0 saturated carbocycles. The fourth-order valence-corrected chi connectivity index (χ4v) is 6.65. The molecule has 0 aromatic heterocycles. The zero-order chi connectivity index (χ0) is 17.3. The Morgan fingerprint density at radius 2 is 1.84 bits per heavy atom. The van der Waals surface area contributed by atoms with Gasteiger partial charge in [0.2, 0.25) is 5.54 Å². The van der Waals surface area contributed by atoms with Gasteiger partial charge in [-0.3, -0.25) is 0 Å². The standard InChI is InChI=1S/C23H34N2/c1-24-23(19-9-5-3-6-10-19,20-11-7-4-8-12-20)17-18-15-21-13-14-22(16-18)25(21)2/h3,5,7,11,18-22H,4,6,8-10,12-17H2,2H3/p+1/t18?,19?,20-,21-,22+,23+/m0/s1. The molecule has 4 rings (SSSR count). The van der Waals surface area contributed by atoms with Gasteiger partial charge in [0.25, 0.3) is 0 Å². The molecule has 2 saturated heterocycles. The Kier molecular flexibility index (Phi) is 5.05. The summed E-state index contributed by atoms with van der Waals surface area (Å²) in [4.78, 5) is 6.30. The van der Waals surface area contributed by atoms with E-state index >= 15 is 0 Å². The van der Waals surface area contributed by atoms with Crippen LogP contribution < -0.4 is 4.90 Å². The third-order valence-electron chi connectivity index (χ3n) is 8.08. The zero-order valence-electron chi connectivity index (χ0n) is 15.9. The topological polar surface area (TPSA) is 8.80 Å². The van der Waals surface area contributed by atoms with Crippen molar-refractivity contribution in [2.24, 2.45) is 17.8 Å². The number of quaternary nitrogens is 1. The van der Waals surface area contributed by atoms with Gasteiger partial charge in [-0.1, -0.05) is 24.3 Å². The maximum absolute atomic E-state index is 8.32. The second-order valence-electron chi connectivity index (χ2n) is 9.31. The van der Waals surface area contributed by atoms with Crippen LogP contribution in [-0.2, 0) is 0 Å². The van der Waals surface area contributed by atoms with Gasteiger partial charge in [0, 0.05) is 38.0 Å². The molecule has 2 bridgehead atoms. The highest BCUT2D eigenvalue weighted by Crippen LogP contribution is 2.48. The average molecular weight is 340 g/mol. The lowest BCUT2D eigenvalue weighted by atomic mass is 9.62.